The van der Waals surface area contributed by atoms with Gasteiger partial charge in [-0.1, -0.05) is 18.2 Å². The SMILES string of the molecule is O=C(CCOc1ccccc1)CC1CCCO1. The molecule has 1 aromatic rings. The van der Waals surface area contributed by atoms with Gasteiger partial charge in [-0.3, -0.25) is 4.79 Å². The minimum atomic E-state index is 0.152. The molecule has 0 aromatic heterocycles. The van der Waals surface area contributed by atoms with E-state index in [2.05, 4.69) is 0 Å². The average Bonchev–Trinajstić information content (AvgIpc) is 2.83. The fourth-order valence-corrected chi connectivity index (χ4v) is 1.96. The first-order valence-electron chi connectivity index (χ1n) is 6.16. The number of carbonyl (C=O) groups is 1. The Hall–Kier alpha value is -1.35. The normalized spacial score (nSPS) is 19.2. The molecule has 1 atom stereocenters. The van der Waals surface area contributed by atoms with Crippen molar-refractivity contribution in [3.05, 3.63) is 30.3 Å². The second kappa shape index (κ2) is 6.40. The van der Waals surface area contributed by atoms with Crippen LogP contribution in [0.25, 0.3) is 0 Å². The molecule has 1 unspecified atom stereocenters. The highest BCUT2D eigenvalue weighted by molar-refractivity contribution is 5.79. The molecule has 1 aliphatic rings. The van der Waals surface area contributed by atoms with Gasteiger partial charge in [-0.15, -0.1) is 0 Å². The van der Waals surface area contributed by atoms with Gasteiger partial charge in [0.25, 0.3) is 0 Å². The van der Waals surface area contributed by atoms with Crippen LogP contribution in [0.2, 0.25) is 0 Å². The van der Waals surface area contributed by atoms with E-state index in [0.717, 1.165) is 25.2 Å². The van der Waals surface area contributed by atoms with Crippen LogP contribution in [0.4, 0.5) is 0 Å². The van der Waals surface area contributed by atoms with Gasteiger partial charge in [-0.05, 0) is 25.0 Å². The lowest BCUT2D eigenvalue weighted by Gasteiger charge is -2.08. The summed E-state index contributed by atoms with van der Waals surface area (Å²) < 4.78 is 10.9. The summed E-state index contributed by atoms with van der Waals surface area (Å²) in [4.78, 5) is 11.6. The number of Topliss-reactive ketones (excluding diaryl/α,β-unsaturated/α-hetero) is 1. The summed E-state index contributed by atoms with van der Waals surface area (Å²) in [7, 11) is 0. The molecule has 3 nitrogen and oxygen atoms in total. The predicted molar refractivity (Wildman–Crippen MR) is 65.2 cm³/mol. The second-order valence-electron chi connectivity index (χ2n) is 4.29. The molecule has 17 heavy (non-hydrogen) atoms. The Balaban J connectivity index is 1.63. The Bertz CT molecular complexity index is 342. The summed E-state index contributed by atoms with van der Waals surface area (Å²) in [6, 6.07) is 9.57. The zero-order chi connectivity index (χ0) is 11.9. The van der Waals surface area contributed by atoms with Crippen molar-refractivity contribution in [1.29, 1.82) is 0 Å². The molecule has 2 rings (SSSR count). The van der Waals surface area contributed by atoms with Gasteiger partial charge in [0.1, 0.15) is 11.5 Å². The smallest absolute Gasteiger partial charge is 0.138 e. The van der Waals surface area contributed by atoms with Crippen LogP contribution in [0.15, 0.2) is 30.3 Å². The standard InChI is InChI=1S/C14H18O3/c15-12(11-14-7-4-9-16-14)8-10-17-13-5-2-1-3-6-13/h1-3,5-6,14H,4,7-11H2. The minimum absolute atomic E-state index is 0.152. The van der Waals surface area contributed by atoms with Crippen molar-refractivity contribution in [3.8, 4) is 5.75 Å². The molecule has 1 saturated heterocycles. The van der Waals surface area contributed by atoms with Gasteiger partial charge < -0.3 is 9.47 Å². The summed E-state index contributed by atoms with van der Waals surface area (Å²) in [6.45, 7) is 1.26. The maximum Gasteiger partial charge on any atom is 0.138 e. The molecular formula is C14H18O3. The van der Waals surface area contributed by atoms with Crippen LogP contribution in [0, 0.1) is 0 Å². The quantitative estimate of drug-likeness (QED) is 0.759. The van der Waals surface area contributed by atoms with Crippen molar-refractivity contribution in [1.82, 2.24) is 0 Å². The van der Waals surface area contributed by atoms with E-state index < -0.39 is 0 Å². The summed E-state index contributed by atoms with van der Waals surface area (Å²) in [5.41, 5.74) is 0. The molecule has 0 spiro atoms. The molecule has 3 heteroatoms. The highest BCUT2D eigenvalue weighted by Crippen LogP contribution is 2.16. The molecule has 0 radical (unpaired) electrons. The Kier molecular flexibility index (Phi) is 4.56. The van der Waals surface area contributed by atoms with Crippen LogP contribution in [0.5, 0.6) is 5.75 Å². The van der Waals surface area contributed by atoms with Crippen molar-refractivity contribution in [2.75, 3.05) is 13.2 Å². The topological polar surface area (TPSA) is 35.5 Å². The first-order chi connectivity index (χ1) is 8.34. The summed E-state index contributed by atoms with van der Waals surface area (Å²) >= 11 is 0. The number of rotatable bonds is 6. The number of hydrogen-bond donors (Lipinski definition) is 0. The number of para-hydroxylation sites is 1. The van der Waals surface area contributed by atoms with E-state index in [1.54, 1.807) is 0 Å². The highest BCUT2D eigenvalue weighted by atomic mass is 16.5. The summed E-state index contributed by atoms with van der Waals surface area (Å²) in [5, 5.41) is 0. The number of ether oxygens (including phenoxy) is 2. The third-order valence-electron chi connectivity index (χ3n) is 2.87. The zero-order valence-corrected chi connectivity index (χ0v) is 9.93. The molecule has 0 bridgehead atoms. The first-order valence-corrected chi connectivity index (χ1v) is 6.16. The van der Waals surface area contributed by atoms with E-state index in [0.29, 0.717) is 19.4 Å². The fourth-order valence-electron chi connectivity index (χ4n) is 1.96. The predicted octanol–water partition coefficient (Wildman–Crippen LogP) is 2.59. The van der Waals surface area contributed by atoms with Gasteiger partial charge in [0.2, 0.25) is 0 Å². The third kappa shape index (κ3) is 4.19. The average molecular weight is 234 g/mol. The van der Waals surface area contributed by atoms with Gasteiger partial charge in [-0.25, -0.2) is 0 Å². The van der Waals surface area contributed by atoms with Gasteiger partial charge in [0, 0.05) is 19.4 Å². The van der Waals surface area contributed by atoms with E-state index in [1.807, 2.05) is 30.3 Å². The Morgan fingerprint density at radius 3 is 2.88 bits per heavy atom. The lowest BCUT2D eigenvalue weighted by atomic mass is 10.1. The molecule has 0 amide bonds. The number of ketones is 1. The van der Waals surface area contributed by atoms with Crippen LogP contribution in [0.1, 0.15) is 25.7 Å². The lowest BCUT2D eigenvalue weighted by Crippen LogP contribution is -2.14. The lowest BCUT2D eigenvalue weighted by molar-refractivity contribution is -0.121. The van der Waals surface area contributed by atoms with Crippen molar-refractivity contribution < 1.29 is 14.3 Å². The fraction of sp³-hybridized carbons (Fsp3) is 0.500. The van der Waals surface area contributed by atoms with Crippen molar-refractivity contribution in [2.24, 2.45) is 0 Å². The number of benzene rings is 1. The van der Waals surface area contributed by atoms with Crippen LogP contribution < -0.4 is 4.74 Å². The minimum Gasteiger partial charge on any atom is -0.493 e. The van der Waals surface area contributed by atoms with Crippen LogP contribution in [-0.4, -0.2) is 25.1 Å². The Morgan fingerprint density at radius 1 is 1.35 bits per heavy atom. The van der Waals surface area contributed by atoms with Crippen molar-refractivity contribution >= 4 is 5.78 Å². The molecule has 1 aromatic carbocycles. The van der Waals surface area contributed by atoms with Crippen LogP contribution >= 0.6 is 0 Å². The summed E-state index contributed by atoms with van der Waals surface area (Å²) in [5.74, 6) is 1.05. The third-order valence-corrected chi connectivity index (χ3v) is 2.87. The molecule has 92 valence electrons. The maximum absolute atomic E-state index is 11.6. The summed E-state index contributed by atoms with van der Waals surface area (Å²) in [6.07, 6.45) is 3.26. The molecule has 0 N–H and O–H groups in total. The van der Waals surface area contributed by atoms with Gasteiger partial charge in [0.05, 0.1) is 12.7 Å². The zero-order valence-electron chi connectivity index (χ0n) is 9.93. The molecule has 1 fully saturated rings. The molecule has 1 aliphatic heterocycles. The number of carbonyl (C=O) groups excluding carboxylic acids is 1. The monoisotopic (exact) mass is 234 g/mol. The highest BCUT2D eigenvalue weighted by Gasteiger charge is 2.18. The van der Waals surface area contributed by atoms with Gasteiger partial charge >= 0.3 is 0 Å². The van der Waals surface area contributed by atoms with E-state index in [-0.39, 0.29) is 11.9 Å². The molecule has 1 heterocycles. The Morgan fingerprint density at radius 2 is 2.18 bits per heavy atom. The molecular weight excluding hydrogens is 216 g/mol. The van der Waals surface area contributed by atoms with E-state index in [4.69, 9.17) is 9.47 Å². The van der Waals surface area contributed by atoms with Crippen LogP contribution in [0.3, 0.4) is 0 Å². The van der Waals surface area contributed by atoms with E-state index >= 15 is 0 Å². The van der Waals surface area contributed by atoms with E-state index in [1.165, 1.54) is 0 Å². The Labute approximate surface area is 102 Å². The molecule has 0 saturated carbocycles. The maximum atomic E-state index is 11.6. The second-order valence-corrected chi connectivity index (χ2v) is 4.29. The van der Waals surface area contributed by atoms with Crippen LogP contribution in [-0.2, 0) is 9.53 Å². The largest absolute Gasteiger partial charge is 0.493 e. The van der Waals surface area contributed by atoms with Gasteiger partial charge in [-0.2, -0.15) is 0 Å². The first kappa shape index (κ1) is 12.1. The number of hydrogen-bond acceptors (Lipinski definition) is 3. The van der Waals surface area contributed by atoms with E-state index in [9.17, 15) is 4.79 Å². The van der Waals surface area contributed by atoms with Crippen molar-refractivity contribution in [3.63, 3.8) is 0 Å². The van der Waals surface area contributed by atoms with Crippen molar-refractivity contribution in [2.45, 2.75) is 31.8 Å². The van der Waals surface area contributed by atoms with Gasteiger partial charge in [0.15, 0.2) is 0 Å². The molecule has 0 aliphatic carbocycles.